The summed E-state index contributed by atoms with van der Waals surface area (Å²) in [5, 5.41) is 0. The number of hydrogen-bond donors (Lipinski definition) is 1. The summed E-state index contributed by atoms with van der Waals surface area (Å²) >= 11 is 0. The fourth-order valence-corrected chi connectivity index (χ4v) is 4.33. The second-order valence-corrected chi connectivity index (χ2v) is 8.07. The lowest BCUT2D eigenvalue weighted by Crippen LogP contribution is -2.53. The van der Waals surface area contributed by atoms with Crippen molar-refractivity contribution in [2.45, 2.75) is 52.1 Å². The summed E-state index contributed by atoms with van der Waals surface area (Å²) in [4.78, 5) is 13.9. The van der Waals surface area contributed by atoms with Gasteiger partial charge in [0.25, 0.3) is 0 Å². The molecule has 1 fully saturated rings. The lowest BCUT2D eigenvalue weighted by atomic mass is 9.97. The third-order valence-electron chi connectivity index (χ3n) is 3.41. The van der Waals surface area contributed by atoms with E-state index in [1.807, 2.05) is 20.8 Å². The first-order chi connectivity index (χ1) is 8.73. The molecule has 19 heavy (non-hydrogen) atoms. The van der Waals surface area contributed by atoms with Crippen molar-refractivity contribution >= 4 is 15.7 Å². The molecule has 1 saturated heterocycles. The molecule has 0 spiro atoms. The van der Waals surface area contributed by atoms with Gasteiger partial charge in [0, 0.05) is 18.6 Å². The lowest BCUT2D eigenvalue weighted by molar-refractivity contribution is -0.132. The first kappa shape index (κ1) is 16.4. The molecule has 2 atom stereocenters. The van der Waals surface area contributed by atoms with E-state index >= 15 is 0 Å². The molecule has 112 valence electrons. The molecular weight excluding hydrogens is 264 g/mol. The van der Waals surface area contributed by atoms with Crippen LogP contribution >= 0.6 is 0 Å². The molecule has 0 aromatic carbocycles. The summed E-state index contributed by atoms with van der Waals surface area (Å²) in [5.41, 5.74) is 5.90. The zero-order valence-electron chi connectivity index (χ0n) is 12.1. The van der Waals surface area contributed by atoms with Crippen molar-refractivity contribution < 1.29 is 13.2 Å². The number of piperidine rings is 1. The van der Waals surface area contributed by atoms with E-state index in [9.17, 15) is 13.2 Å². The van der Waals surface area contributed by atoms with Gasteiger partial charge in [-0.1, -0.05) is 13.8 Å². The number of hydrogen-bond acceptors (Lipinski definition) is 4. The lowest BCUT2D eigenvalue weighted by Gasteiger charge is -2.38. The molecule has 0 aliphatic carbocycles. The smallest absolute Gasteiger partial charge is 0.238 e. The van der Waals surface area contributed by atoms with Crippen LogP contribution in [0, 0.1) is 5.92 Å². The van der Waals surface area contributed by atoms with E-state index in [2.05, 4.69) is 0 Å². The van der Waals surface area contributed by atoms with Gasteiger partial charge in [-0.25, -0.2) is 8.42 Å². The van der Waals surface area contributed by atoms with E-state index in [0.29, 0.717) is 6.54 Å². The highest BCUT2D eigenvalue weighted by atomic mass is 32.2. The summed E-state index contributed by atoms with van der Waals surface area (Å²) in [7, 11) is -3.31. The Bertz CT molecular complexity index is 404. The predicted molar refractivity (Wildman–Crippen MR) is 76.5 cm³/mol. The topological polar surface area (TPSA) is 80.5 Å². The number of carbonyl (C=O) groups is 1. The van der Waals surface area contributed by atoms with E-state index in [1.54, 1.807) is 4.90 Å². The average molecular weight is 290 g/mol. The van der Waals surface area contributed by atoms with E-state index in [-0.39, 0.29) is 35.4 Å². The first-order valence-electron chi connectivity index (χ1n) is 6.98. The Kier molecular flexibility index (Phi) is 5.80. The standard InChI is InChI=1S/C13H26N2O3S/c1-10(2)8-19(17,18)9-13(16)15-7-5-4-6-12(15)11(3)14/h10-12H,4-9,14H2,1-3H3. The molecule has 1 rings (SSSR count). The molecule has 1 aliphatic rings. The maximum absolute atomic E-state index is 12.2. The van der Waals surface area contributed by atoms with Crippen molar-refractivity contribution in [2.24, 2.45) is 11.7 Å². The van der Waals surface area contributed by atoms with Gasteiger partial charge < -0.3 is 10.6 Å². The predicted octanol–water partition coefficient (Wildman–Crippen LogP) is 0.786. The Morgan fingerprint density at radius 1 is 1.32 bits per heavy atom. The zero-order chi connectivity index (χ0) is 14.6. The van der Waals surface area contributed by atoms with Crippen molar-refractivity contribution in [3.8, 4) is 0 Å². The summed E-state index contributed by atoms with van der Waals surface area (Å²) in [6.07, 6.45) is 2.85. The minimum atomic E-state index is -3.31. The van der Waals surface area contributed by atoms with Crippen LogP contribution in [0.3, 0.4) is 0 Å². The molecule has 1 aliphatic heterocycles. The SMILES string of the molecule is CC(C)CS(=O)(=O)CC(=O)N1CCCCC1C(C)N. The van der Waals surface area contributed by atoms with E-state index in [1.165, 1.54) is 0 Å². The second kappa shape index (κ2) is 6.70. The number of rotatable bonds is 5. The second-order valence-electron chi connectivity index (χ2n) is 5.96. The van der Waals surface area contributed by atoms with Crippen molar-refractivity contribution in [1.29, 1.82) is 0 Å². The van der Waals surface area contributed by atoms with Crippen LogP contribution in [0.4, 0.5) is 0 Å². The summed E-state index contributed by atoms with van der Waals surface area (Å²) in [6.45, 7) is 6.18. The summed E-state index contributed by atoms with van der Waals surface area (Å²) in [5.74, 6) is -0.560. The van der Waals surface area contributed by atoms with Gasteiger partial charge in [-0.15, -0.1) is 0 Å². The maximum Gasteiger partial charge on any atom is 0.238 e. The van der Waals surface area contributed by atoms with Crippen LogP contribution in [-0.2, 0) is 14.6 Å². The number of sulfone groups is 1. The first-order valence-corrected chi connectivity index (χ1v) is 8.80. The number of amides is 1. The minimum absolute atomic E-state index is 0.0181. The van der Waals surface area contributed by atoms with Crippen LogP contribution in [-0.4, -0.2) is 49.4 Å². The number of carbonyl (C=O) groups excluding carboxylic acids is 1. The molecule has 0 radical (unpaired) electrons. The van der Waals surface area contributed by atoms with Crippen molar-refractivity contribution in [2.75, 3.05) is 18.1 Å². The Morgan fingerprint density at radius 2 is 1.95 bits per heavy atom. The molecule has 1 amide bonds. The molecule has 2 N–H and O–H groups in total. The van der Waals surface area contributed by atoms with Gasteiger partial charge in [-0.3, -0.25) is 4.79 Å². The minimum Gasteiger partial charge on any atom is -0.337 e. The molecule has 0 bridgehead atoms. The average Bonchev–Trinajstić information content (AvgIpc) is 2.26. The molecule has 6 heteroatoms. The third kappa shape index (κ3) is 5.10. The van der Waals surface area contributed by atoms with Gasteiger partial charge in [0.15, 0.2) is 9.84 Å². The fourth-order valence-electron chi connectivity index (χ4n) is 2.65. The fraction of sp³-hybridized carbons (Fsp3) is 0.923. The number of nitrogens with zero attached hydrogens (tertiary/aromatic N) is 1. The number of nitrogens with two attached hydrogens (primary N) is 1. The monoisotopic (exact) mass is 290 g/mol. The third-order valence-corrected chi connectivity index (χ3v) is 5.27. The molecule has 2 unspecified atom stereocenters. The molecule has 1 heterocycles. The Morgan fingerprint density at radius 3 is 2.47 bits per heavy atom. The van der Waals surface area contributed by atoms with Crippen LogP contribution in [0.1, 0.15) is 40.0 Å². The molecule has 0 saturated carbocycles. The normalized spacial score (nSPS) is 22.6. The highest BCUT2D eigenvalue weighted by Crippen LogP contribution is 2.19. The van der Waals surface area contributed by atoms with Gasteiger partial charge in [0.2, 0.25) is 5.91 Å². The molecule has 0 aromatic heterocycles. The van der Waals surface area contributed by atoms with Crippen molar-refractivity contribution in [3.63, 3.8) is 0 Å². The van der Waals surface area contributed by atoms with Crippen LogP contribution in [0.15, 0.2) is 0 Å². The molecule has 0 aromatic rings. The summed E-state index contributed by atoms with van der Waals surface area (Å²) < 4.78 is 23.8. The largest absolute Gasteiger partial charge is 0.337 e. The highest BCUT2D eigenvalue weighted by molar-refractivity contribution is 7.92. The van der Waals surface area contributed by atoms with Gasteiger partial charge >= 0.3 is 0 Å². The summed E-state index contributed by atoms with van der Waals surface area (Å²) in [6, 6.07) is -0.132. The highest BCUT2D eigenvalue weighted by Gasteiger charge is 2.31. The van der Waals surface area contributed by atoms with E-state index in [0.717, 1.165) is 19.3 Å². The van der Waals surface area contributed by atoms with Gasteiger partial charge in [-0.05, 0) is 32.1 Å². The van der Waals surface area contributed by atoms with Crippen molar-refractivity contribution in [3.05, 3.63) is 0 Å². The van der Waals surface area contributed by atoms with Crippen LogP contribution < -0.4 is 5.73 Å². The quantitative estimate of drug-likeness (QED) is 0.811. The van der Waals surface area contributed by atoms with Crippen LogP contribution in [0.2, 0.25) is 0 Å². The van der Waals surface area contributed by atoms with Gasteiger partial charge in [-0.2, -0.15) is 0 Å². The van der Waals surface area contributed by atoms with Gasteiger partial charge in [0.05, 0.1) is 5.75 Å². The van der Waals surface area contributed by atoms with Crippen LogP contribution in [0.5, 0.6) is 0 Å². The van der Waals surface area contributed by atoms with E-state index in [4.69, 9.17) is 5.73 Å². The number of likely N-dealkylation sites (tertiary alicyclic amines) is 1. The maximum atomic E-state index is 12.2. The van der Waals surface area contributed by atoms with Crippen LogP contribution in [0.25, 0.3) is 0 Å². The van der Waals surface area contributed by atoms with Crippen molar-refractivity contribution in [1.82, 2.24) is 4.90 Å². The van der Waals surface area contributed by atoms with E-state index < -0.39 is 9.84 Å². The Labute approximate surface area is 116 Å². The zero-order valence-corrected chi connectivity index (χ0v) is 12.9. The van der Waals surface area contributed by atoms with Gasteiger partial charge in [0.1, 0.15) is 5.75 Å². The Hall–Kier alpha value is -0.620. The Balaban J connectivity index is 2.70. The molecular formula is C13H26N2O3S. The molecule has 5 nitrogen and oxygen atoms in total.